The molecule has 114 valence electrons. The molecule has 0 radical (unpaired) electrons. The Balaban J connectivity index is 2.00. The van der Waals surface area contributed by atoms with E-state index in [-0.39, 0.29) is 0 Å². The van der Waals surface area contributed by atoms with Crippen LogP contribution in [0.2, 0.25) is 0 Å². The maximum absolute atomic E-state index is 5.42. The summed E-state index contributed by atoms with van der Waals surface area (Å²) in [6.07, 6.45) is 0. The number of hydrogen-bond acceptors (Lipinski definition) is 5. The molecule has 6 heteroatoms. The summed E-state index contributed by atoms with van der Waals surface area (Å²) in [6, 6.07) is 15.5. The van der Waals surface area contributed by atoms with Crippen LogP contribution in [-0.4, -0.2) is 34.0 Å². The van der Waals surface area contributed by atoms with Crippen LogP contribution in [0, 0.1) is 0 Å². The van der Waals surface area contributed by atoms with Gasteiger partial charge in [0.1, 0.15) is 5.75 Å². The number of ether oxygens (including phenoxy) is 2. The number of rotatable bonds is 3. The van der Waals surface area contributed by atoms with Gasteiger partial charge in [-0.25, -0.2) is 0 Å². The van der Waals surface area contributed by atoms with Crippen LogP contribution in [-0.2, 0) is 0 Å². The zero-order valence-corrected chi connectivity index (χ0v) is 12.7. The second kappa shape index (κ2) is 5.24. The van der Waals surface area contributed by atoms with Gasteiger partial charge in [-0.2, -0.15) is 4.52 Å². The van der Waals surface area contributed by atoms with Crippen LogP contribution in [0.3, 0.4) is 0 Å². The molecule has 2 aromatic carbocycles. The van der Waals surface area contributed by atoms with E-state index in [9.17, 15) is 0 Å². The highest BCUT2D eigenvalue weighted by Gasteiger charge is 2.15. The Labute approximate surface area is 132 Å². The van der Waals surface area contributed by atoms with E-state index in [1.165, 1.54) is 0 Å². The molecule has 0 bridgehead atoms. The summed E-state index contributed by atoms with van der Waals surface area (Å²) in [5.74, 6) is 1.99. The predicted octanol–water partition coefficient (Wildman–Crippen LogP) is 2.96. The molecule has 23 heavy (non-hydrogen) atoms. The lowest BCUT2D eigenvalue weighted by molar-refractivity contribution is 0.396. The third-order valence-corrected chi connectivity index (χ3v) is 3.77. The minimum atomic E-state index is 0.544. The zero-order chi connectivity index (χ0) is 15.8. The number of aromatic nitrogens is 4. The van der Waals surface area contributed by atoms with Crippen LogP contribution in [0.25, 0.3) is 27.8 Å². The van der Waals surface area contributed by atoms with Gasteiger partial charge in [0.15, 0.2) is 11.5 Å². The lowest BCUT2D eigenvalue weighted by atomic mass is 10.2. The van der Waals surface area contributed by atoms with Crippen molar-refractivity contribution in [2.75, 3.05) is 14.2 Å². The van der Waals surface area contributed by atoms with Gasteiger partial charge in [-0.05, 0) is 30.3 Å². The number of nitrogens with zero attached hydrogens (tertiary/aromatic N) is 4. The quantitative estimate of drug-likeness (QED) is 0.582. The van der Waals surface area contributed by atoms with Crippen LogP contribution in [0.15, 0.2) is 48.5 Å². The molecule has 0 saturated heterocycles. The van der Waals surface area contributed by atoms with Gasteiger partial charge in [0.05, 0.1) is 14.2 Å². The Morgan fingerprint density at radius 2 is 1.57 bits per heavy atom. The fourth-order valence-electron chi connectivity index (χ4n) is 2.62. The van der Waals surface area contributed by atoms with Crippen LogP contribution < -0.4 is 9.47 Å². The topological polar surface area (TPSA) is 61.5 Å². The molecule has 4 aromatic rings. The third kappa shape index (κ3) is 2.07. The largest absolute Gasteiger partial charge is 0.497 e. The second-order valence-corrected chi connectivity index (χ2v) is 5.04. The van der Waals surface area contributed by atoms with Crippen molar-refractivity contribution < 1.29 is 9.47 Å². The van der Waals surface area contributed by atoms with Crippen LogP contribution in [0.5, 0.6) is 11.6 Å². The predicted molar refractivity (Wildman–Crippen MR) is 86.8 cm³/mol. The molecule has 0 fully saturated rings. The molecule has 6 nitrogen and oxygen atoms in total. The fraction of sp³-hybridized carbons (Fsp3) is 0.118. The van der Waals surface area contributed by atoms with Crippen molar-refractivity contribution in [3.8, 4) is 23.0 Å². The number of hydrogen-bond donors (Lipinski definition) is 0. The Hall–Kier alpha value is -3.15. The van der Waals surface area contributed by atoms with Gasteiger partial charge >= 0.3 is 0 Å². The summed E-state index contributed by atoms with van der Waals surface area (Å²) in [5, 5.41) is 15.0. The van der Waals surface area contributed by atoms with Gasteiger partial charge in [0.2, 0.25) is 5.88 Å². The number of methoxy groups -OCH3 is 2. The molecular formula is C17H14N4O2. The van der Waals surface area contributed by atoms with Gasteiger partial charge < -0.3 is 9.47 Å². The molecule has 0 atom stereocenters. The van der Waals surface area contributed by atoms with E-state index < -0.39 is 0 Å². The number of fused-ring (bicyclic) bond motifs is 3. The van der Waals surface area contributed by atoms with Crippen molar-refractivity contribution in [1.29, 1.82) is 0 Å². The van der Waals surface area contributed by atoms with E-state index >= 15 is 0 Å². The van der Waals surface area contributed by atoms with Crippen molar-refractivity contribution in [2.24, 2.45) is 0 Å². The molecule has 4 rings (SSSR count). The maximum Gasteiger partial charge on any atom is 0.239 e. The van der Waals surface area contributed by atoms with E-state index in [1.54, 1.807) is 18.7 Å². The third-order valence-electron chi connectivity index (χ3n) is 3.77. The first-order valence-corrected chi connectivity index (χ1v) is 7.14. The van der Waals surface area contributed by atoms with Gasteiger partial charge in [-0.3, -0.25) is 0 Å². The van der Waals surface area contributed by atoms with Crippen LogP contribution in [0.1, 0.15) is 0 Å². The maximum atomic E-state index is 5.42. The van der Waals surface area contributed by atoms with Crippen molar-refractivity contribution in [3.63, 3.8) is 0 Å². The average Bonchev–Trinajstić information content (AvgIpc) is 3.05. The standard InChI is InChI=1S/C17H14N4O2/c1-22-12-9-7-11(8-10-12)15-18-19-16-13-5-3-4-6-14(13)17(23-2)20-21(15)16/h3-10H,1-2H3. The van der Waals surface area contributed by atoms with Crippen molar-refractivity contribution >= 4 is 16.4 Å². The Morgan fingerprint density at radius 1 is 0.826 bits per heavy atom. The first-order valence-electron chi connectivity index (χ1n) is 7.14. The average molecular weight is 306 g/mol. The Morgan fingerprint density at radius 3 is 2.26 bits per heavy atom. The fourth-order valence-corrected chi connectivity index (χ4v) is 2.62. The zero-order valence-electron chi connectivity index (χ0n) is 12.7. The summed E-state index contributed by atoms with van der Waals surface area (Å²) in [6.45, 7) is 0. The second-order valence-electron chi connectivity index (χ2n) is 5.04. The van der Waals surface area contributed by atoms with Crippen molar-refractivity contribution in [2.45, 2.75) is 0 Å². The Kier molecular flexibility index (Phi) is 3.08. The lowest BCUT2D eigenvalue weighted by Gasteiger charge is -2.07. The molecule has 0 aliphatic heterocycles. The lowest BCUT2D eigenvalue weighted by Crippen LogP contribution is -2.00. The highest BCUT2D eigenvalue weighted by Crippen LogP contribution is 2.28. The normalized spacial score (nSPS) is 11.0. The van der Waals surface area contributed by atoms with Gasteiger partial charge in [0, 0.05) is 16.3 Å². The molecule has 0 aliphatic rings. The van der Waals surface area contributed by atoms with Gasteiger partial charge in [0.25, 0.3) is 0 Å². The molecular weight excluding hydrogens is 292 g/mol. The van der Waals surface area contributed by atoms with E-state index in [1.807, 2.05) is 48.5 Å². The summed E-state index contributed by atoms with van der Waals surface area (Å²) in [4.78, 5) is 0. The highest BCUT2D eigenvalue weighted by atomic mass is 16.5. The van der Waals surface area contributed by atoms with E-state index in [4.69, 9.17) is 9.47 Å². The highest BCUT2D eigenvalue weighted by molar-refractivity contribution is 5.97. The first-order chi connectivity index (χ1) is 11.3. The van der Waals surface area contributed by atoms with Crippen LogP contribution in [0.4, 0.5) is 0 Å². The van der Waals surface area contributed by atoms with E-state index in [2.05, 4.69) is 15.3 Å². The molecule has 2 heterocycles. The van der Waals surface area contributed by atoms with E-state index in [0.717, 1.165) is 22.1 Å². The minimum absolute atomic E-state index is 0.544. The van der Waals surface area contributed by atoms with Crippen molar-refractivity contribution in [3.05, 3.63) is 48.5 Å². The molecule has 2 aromatic heterocycles. The molecule has 0 N–H and O–H groups in total. The van der Waals surface area contributed by atoms with Crippen LogP contribution >= 0.6 is 0 Å². The van der Waals surface area contributed by atoms with Crippen molar-refractivity contribution in [1.82, 2.24) is 19.8 Å². The summed E-state index contributed by atoms with van der Waals surface area (Å²) >= 11 is 0. The van der Waals surface area contributed by atoms with Gasteiger partial charge in [-0.15, -0.1) is 15.3 Å². The number of benzene rings is 2. The Bertz CT molecular complexity index is 993. The SMILES string of the molecule is COc1ccc(-c2nnc3c4ccccc4c(OC)nn23)cc1. The summed E-state index contributed by atoms with van der Waals surface area (Å²) in [7, 11) is 3.25. The van der Waals surface area contributed by atoms with Gasteiger partial charge in [-0.1, -0.05) is 18.2 Å². The summed E-state index contributed by atoms with van der Waals surface area (Å²) in [5.41, 5.74) is 1.61. The van der Waals surface area contributed by atoms with E-state index in [0.29, 0.717) is 17.4 Å². The smallest absolute Gasteiger partial charge is 0.239 e. The molecule has 0 saturated carbocycles. The minimum Gasteiger partial charge on any atom is -0.497 e. The molecule has 0 unspecified atom stereocenters. The molecule has 0 aliphatic carbocycles. The summed E-state index contributed by atoms with van der Waals surface area (Å²) < 4.78 is 12.3. The monoisotopic (exact) mass is 306 g/mol. The molecule has 0 spiro atoms. The first kappa shape index (κ1) is 13.5. The molecule has 0 amide bonds.